The van der Waals surface area contributed by atoms with Crippen LogP contribution in [0.1, 0.15) is 17.5 Å². The Morgan fingerprint density at radius 3 is 2.78 bits per heavy atom. The van der Waals surface area contributed by atoms with Crippen LogP contribution in [0.15, 0.2) is 53.5 Å². The molecule has 0 aromatic heterocycles. The number of benzene rings is 2. The van der Waals surface area contributed by atoms with Crippen molar-refractivity contribution >= 4 is 17.3 Å². The maximum absolute atomic E-state index is 12.7. The standard InChI is InChI=1S/C18H17N3O2/c19-17-18(22)21-10-5-11-23-14-9-4-8-13(16(14)21)15(20-17)12-6-2-1-3-7-12/h1-4,6-9,17H,5,10-11,19H2. The number of carbonyl (C=O) groups excluding carboxylic acids is 1. The molecule has 2 aliphatic heterocycles. The molecule has 4 rings (SSSR count). The maximum atomic E-state index is 12.7. The van der Waals surface area contributed by atoms with Crippen molar-refractivity contribution in [2.24, 2.45) is 10.7 Å². The van der Waals surface area contributed by atoms with E-state index in [0.717, 1.165) is 28.9 Å². The molecule has 1 amide bonds. The summed E-state index contributed by atoms with van der Waals surface area (Å²) in [5, 5.41) is 0. The fraction of sp³-hybridized carbons (Fsp3) is 0.222. The van der Waals surface area contributed by atoms with Gasteiger partial charge in [-0.2, -0.15) is 0 Å². The van der Waals surface area contributed by atoms with Gasteiger partial charge in [-0.25, -0.2) is 0 Å². The van der Waals surface area contributed by atoms with Crippen molar-refractivity contribution in [2.45, 2.75) is 12.6 Å². The molecular weight excluding hydrogens is 290 g/mol. The molecule has 0 saturated heterocycles. The van der Waals surface area contributed by atoms with Gasteiger partial charge in [0, 0.05) is 17.7 Å². The first kappa shape index (κ1) is 14.0. The Kier molecular flexibility index (Phi) is 3.35. The van der Waals surface area contributed by atoms with Crippen LogP contribution in [0.3, 0.4) is 0 Å². The molecule has 2 aliphatic rings. The molecule has 5 nitrogen and oxygen atoms in total. The lowest BCUT2D eigenvalue weighted by Gasteiger charge is -2.23. The number of amides is 1. The predicted octanol–water partition coefficient (Wildman–Crippen LogP) is 1.94. The smallest absolute Gasteiger partial charge is 0.266 e. The SMILES string of the molecule is NC1N=C(c2ccccc2)c2cccc3c2N(CCCO3)C1=O. The van der Waals surface area contributed by atoms with E-state index in [1.807, 2.05) is 48.5 Å². The Balaban J connectivity index is 1.98. The number of rotatable bonds is 1. The van der Waals surface area contributed by atoms with E-state index >= 15 is 0 Å². The van der Waals surface area contributed by atoms with E-state index in [9.17, 15) is 4.79 Å². The van der Waals surface area contributed by atoms with Gasteiger partial charge in [0.25, 0.3) is 5.91 Å². The third-order valence-corrected chi connectivity index (χ3v) is 4.14. The number of para-hydroxylation sites is 1. The number of anilines is 1. The fourth-order valence-corrected chi connectivity index (χ4v) is 3.09. The van der Waals surface area contributed by atoms with Gasteiger partial charge < -0.3 is 15.4 Å². The van der Waals surface area contributed by atoms with Gasteiger partial charge >= 0.3 is 0 Å². The molecule has 5 heteroatoms. The zero-order valence-corrected chi connectivity index (χ0v) is 12.6. The number of ether oxygens (including phenoxy) is 1. The summed E-state index contributed by atoms with van der Waals surface area (Å²) in [4.78, 5) is 18.9. The van der Waals surface area contributed by atoms with E-state index in [1.54, 1.807) is 4.90 Å². The molecule has 0 spiro atoms. The maximum Gasteiger partial charge on any atom is 0.266 e. The lowest BCUT2D eigenvalue weighted by atomic mass is 9.99. The van der Waals surface area contributed by atoms with Crippen molar-refractivity contribution in [1.82, 2.24) is 0 Å². The van der Waals surface area contributed by atoms with E-state index in [0.29, 0.717) is 18.9 Å². The van der Waals surface area contributed by atoms with Crippen molar-refractivity contribution in [2.75, 3.05) is 18.1 Å². The molecule has 0 radical (unpaired) electrons. The minimum absolute atomic E-state index is 0.185. The number of hydrogen-bond acceptors (Lipinski definition) is 4. The van der Waals surface area contributed by atoms with Gasteiger partial charge in [0.05, 0.1) is 18.0 Å². The zero-order chi connectivity index (χ0) is 15.8. The summed E-state index contributed by atoms with van der Waals surface area (Å²) >= 11 is 0. The van der Waals surface area contributed by atoms with Gasteiger partial charge in [-0.05, 0) is 12.5 Å². The molecule has 0 aliphatic carbocycles. The van der Waals surface area contributed by atoms with Crippen molar-refractivity contribution in [3.05, 3.63) is 59.7 Å². The van der Waals surface area contributed by atoms with Crippen LogP contribution >= 0.6 is 0 Å². The lowest BCUT2D eigenvalue weighted by Crippen LogP contribution is -2.42. The fourth-order valence-electron chi connectivity index (χ4n) is 3.09. The molecule has 2 heterocycles. The Bertz CT molecular complexity index is 786. The highest BCUT2D eigenvalue weighted by Crippen LogP contribution is 2.37. The normalized spacial score (nSPS) is 20.0. The Morgan fingerprint density at radius 1 is 1.13 bits per heavy atom. The van der Waals surface area contributed by atoms with E-state index in [4.69, 9.17) is 10.5 Å². The van der Waals surface area contributed by atoms with Gasteiger partial charge in [0.15, 0.2) is 6.17 Å². The Morgan fingerprint density at radius 2 is 1.96 bits per heavy atom. The number of nitrogens with zero attached hydrogens (tertiary/aromatic N) is 2. The molecule has 0 bridgehead atoms. The monoisotopic (exact) mass is 307 g/mol. The van der Waals surface area contributed by atoms with Crippen LogP contribution in [0.4, 0.5) is 5.69 Å². The third-order valence-electron chi connectivity index (χ3n) is 4.14. The summed E-state index contributed by atoms with van der Waals surface area (Å²) in [6.45, 7) is 1.18. The second-order valence-corrected chi connectivity index (χ2v) is 5.63. The minimum atomic E-state index is -0.899. The molecule has 2 aromatic carbocycles. The first-order valence-corrected chi connectivity index (χ1v) is 7.72. The van der Waals surface area contributed by atoms with Gasteiger partial charge in [-0.1, -0.05) is 42.5 Å². The van der Waals surface area contributed by atoms with Crippen molar-refractivity contribution in [3.63, 3.8) is 0 Å². The average molecular weight is 307 g/mol. The van der Waals surface area contributed by atoms with E-state index in [2.05, 4.69) is 4.99 Å². The van der Waals surface area contributed by atoms with Gasteiger partial charge in [-0.3, -0.25) is 9.79 Å². The highest BCUT2D eigenvalue weighted by atomic mass is 16.5. The molecule has 2 aromatic rings. The summed E-state index contributed by atoms with van der Waals surface area (Å²) < 4.78 is 5.83. The Hall–Kier alpha value is -2.66. The van der Waals surface area contributed by atoms with Crippen LogP contribution in [0, 0.1) is 0 Å². The number of hydrogen-bond donors (Lipinski definition) is 1. The predicted molar refractivity (Wildman–Crippen MR) is 89.0 cm³/mol. The number of carbonyl (C=O) groups is 1. The molecule has 116 valence electrons. The second kappa shape index (κ2) is 5.52. The first-order chi connectivity index (χ1) is 11.3. The van der Waals surface area contributed by atoms with Gasteiger partial charge in [-0.15, -0.1) is 0 Å². The summed E-state index contributed by atoms with van der Waals surface area (Å²) in [5.74, 6) is 0.529. The van der Waals surface area contributed by atoms with Crippen LogP contribution < -0.4 is 15.4 Å². The number of aliphatic imine (C=N–C) groups is 1. The van der Waals surface area contributed by atoms with E-state index < -0.39 is 6.17 Å². The summed E-state index contributed by atoms with van der Waals surface area (Å²) in [7, 11) is 0. The highest BCUT2D eigenvalue weighted by molar-refractivity contribution is 6.20. The summed E-state index contributed by atoms with van der Waals surface area (Å²) in [6.07, 6.45) is -0.128. The molecule has 1 atom stereocenters. The molecule has 0 fully saturated rings. The quantitative estimate of drug-likeness (QED) is 0.875. The minimum Gasteiger partial charge on any atom is -0.491 e. The second-order valence-electron chi connectivity index (χ2n) is 5.63. The van der Waals surface area contributed by atoms with Crippen molar-refractivity contribution < 1.29 is 9.53 Å². The lowest BCUT2D eigenvalue weighted by molar-refractivity contribution is -0.119. The zero-order valence-electron chi connectivity index (χ0n) is 12.6. The molecule has 23 heavy (non-hydrogen) atoms. The van der Waals surface area contributed by atoms with Gasteiger partial charge in [0.2, 0.25) is 0 Å². The largest absolute Gasteiger partial charge is 0.491 e. The van der Waals surface area contributed by atoms with Gasteiger partial charge in [0.1, 0.15) is 5.75 Å². The summed E-state index contributed by atoms with van der Waals surface area (Å²) in [6, 6.07) is 15.6. The number of nitrogens with two attached hydrogens (primary N) is 1. The van der Waals surface area contributed by atoms with Crippen LogP contribution in [-0.4, -0.2) is 30.9 Å². The molecular formula is C18H17N3O2. The van der Waals surface area contributed by atoms with Crippen LogP contribution in [-0.2, 0) is 4.79 Å². The van der Waals surface area contributed by atoms with Crippen molar-refractivity contribution in [3.8, 4) is 5.75 Å². The molecule has 1 unspecified atom stereocenters. The topological polar surface area (TPSA) is 67.9 Å². The molecule has 2 N–H and O–H groups in total. The third kappa shape index (κ3) is 2.29. The average Bonchev–Trinajstić information content (AvgIpc) is 2.87. The molecule has 0 saturated carbocycles. The summed E-state index contributed by atoms with van der Waals surface area (Å²) in [5.41, 5.74) is 9.40. The van der Waals surface area contributed by atoms with Crippen LogP contribution in [0.25, 0.3) is 0 Å². The van der Waals surface area contributed by atoms with Crippen LogP contribution in [0.5, 0.6) is 5.75 Å². The van der Waals surface area contributed by atoms with E-state index in [1.165, 1.54) is 0 Å². The Labute approximate surface area is 134 Å². The first-order valence-electron chi connectivity index (χ1n) is 7.72. The van der Waals surface area contributed by atoms with Crippen LogP contribution in [0.2, 0.25) is 0 Å². The van der Waals surface area contributed by atoms with Crippen molar-refractivity contribution in [1.29, 1.82) is 0 Å². The highest BCUT2D eigenvalue weighted by Gasteiger charge is 2.33. The van der Waals surface area contributed by atoms with E-state index in [-0.39, 0.29) is 5.91 Å².